The average Bonchev–Trinajstić information content (AvgIpc) is 3.55. The summed E-state index contributed by atoms with van der Waals surface area (Å²) >= 11 is 1.45. The number of carbonyl (C=O) groups is 2. The molecule has 4 rings (SSSR count). The van der Waals surface area contributed by atoms with Gasteiger partial charge in [-0.1, -0.05) is 13.0 Å². The van der Waals surface area contributed by atoms with E-state index >= 15 is 0 Å². The summed E-state index contributed by atoms with van der Waals surface area (Å²) < 4.78 is 10.9. The van der Waals surface area contributed by atoms with E-state index < -0.39 is 0 Å². The third-order valence-electron chi connectivity index (χ3n) is 5.19. The Labute approximate surface area is 178 Å². The van der Waals surface area contributed by atoms with Gasteiger partial charge in [0.25, 0.3) is 11.8 Å². The zero-order valence-corrected chi connectivity index (χ0v) is 17.6. The second-order valence-electron chi connectivity index (χ2n) is 7.28. The maximum Gasteiger partial charge on any atom is 0.283 e. The van der Waals surface area contributed by atoms with Crippen molar-refractivity contribution >= 4 is 23.2 Å². The van der Waals surface area contributed by atoms with Crippen LogP contribution in [0.4, 0.5) is 0 Å². The van der Waals surface area contributed by atoms with Gasteiger partial charge in [0.1, 0.15) is 0 Å². The molecule has 158 valence electrons. The molecule has 30 heavy (non-hydrogen) atoms. The fraction of sp³-hybridized carbons (Fsp3) is 0.429. The Hall–Kier alpha value is -2.94. The molecule has 1 fully saturated rings. The molecular formula is C21H24N4O4S. The number of rotatable bonds is 7. The van der Waals surface area contributed by atoms with E-state index in [9.17, 15) is 9.59 Å². The van der Waals surface area contributed by atoms with Crippen LogP contribution in [0.25, 0.3) is 11.7 Å². The summed E-state index contributed by atoms with van der Waals surface area (Å²) in [6.07, 6.45) is 3.71. The Bertz CT molecular complexity index is 959. The second-order valence-corrected chi connectivity index (χ2v) is 8.23. The van der Waals surface area contributed by atoms with Gasteiger partial charge in [-0.3, -0.25) is 9.59 Å². The predicted molar refractivity (Wildman–Crippen MR) is 111 cm³/mol. The maximum absolute atomic E-state index is 13.1. The molecule has 3 aromatic rings. The van der Waals surface area contributed by atoms with Crippen LogP contribution in [0, 0.1) is 5.92 Å². The maximum atomic E-state index is 13.1. The molecule has 1 aliphatic rings. The lowest BCUT2D eigenvalue weighted by Gasteiger charge is -2.33. The molecule has 0 spiro atoms. The second kappa shape index (κ2) is 9.25. The van der Waals surface area contributed by atoms with Crippen LogP contribution in [-0.2, 0) is 11.3 Å². The molecule has 0 atom stereocenters. The molecule has 0 N–H and O–H groups in total. The fourth-order valence-corrected chi connectivity index (χ4v) is 4.35. The van der Waals surface area contributed by atoms with Crippen LogP contribution in [0.2, 0.25) is 0 Å². The molecule has 0 radical (unpaired) electrons. The zero-order valence-electron chi connectivity index (χ0n) is 16.8. The van der Waals surface area contributed by atoms with Crippen LogP contribution in [0.1, 0.15) is 41.7 Å². The van der Waals surface area contributed by atoms with Crippen molar-refractivity contribution in [1.29, 1.82) is 0 Å². The van der Waals surface area contributed by atoms with Crippen molar-refractivity contribution in [1.82, 2.24) is 20.0 Å². The van der Waals surface area contributed by atoms with E-state index in [4.69, 9.17) is 8.83 Å². The highest BCUT2D eigenvalue weighted by Crippen LogP contribution is 2.24. The minimum absolute atomic E-state index is 0.0534. The lowest BCUT2D eigenvalue weighted by atomic mass is 9.95. The Morgan fingerprint density at radius 2 is 2.07 bits per heavy atom. The molecule has 0 bridgehead atoms. The summed E-state index contributed by atoms with van der Waals surface area (Å²) in [6.45, 7) is 4.11. The molecule has 4 heterocycles. The van der Waals surface area contributed by atoms with Gasteiger partial charge in [0, 0.05) is 25.6 Å². The topological polar surface area (TPSA) is 92.7 Å². The first-order valence-electron chi connectivity index (χ1n) is 10.1. The van der Waals surface area contributed by atoms with Crippen LogP contribution in [0.15, 0.2) is 44.7 Å². The van der Waals surface area contributed by atoms with Gasteiger partial charge in [-0.25, -0.2) is 0 Å². The highest BCUT2D eigenvalue weighted by atomic mass is 32.1. The Kier molecular flexibility index (Phi) is 6.27. The molecule has 9 heteroatoms. The largest absolute Gasteiger partial charge is 0.459 e. The van der Waals surface area contributed by atoms with Gasteiger partial charge < -0.3 is 18.6 Å². The summed E-state index contributed by atoms with van der Waals surface area (Å²) in [5.41, 5.74) is 0. The van der Waals surface area contributed by atoms with Crippen molar-refractivity contribution in [3.63, 3.8) is 0 Å². The van der Waals surface area contributed by atoms with E-state index in [1.54, 1.807) is 23.3 Å². The lowest BCUT2D eigenvalue weighted by Crippen LogP contribution is -2.44. The molecule has 0 aromatic carbocycles. The monoisotopic (exact) mass is 428 g/mol. The third kappa shape index (κ3) is 4.46. The Morgan fingerprint density at radius 3 is 2.73 bits per heavy atom. The molecule has 2 amide bonds. The number of amides is 2. The van der Waals surface area contributed by atoms with Crippen LogP contribution in [0.3, 0.4) is 0 Å². The molecule has 0 saturated carbocycles. The normalized spacial score (nSPS) is 14.8. The zero-order chi connectivity index (χ0) is 20.9. The van der Waals surface area contributed by atoms with E-state index in [1.807, 2.05) is 29.3 Å². The smallest absolute Gasteiger partial charge is 0.283 e. The molecule has 1 saturated heterocycles. The van der Waals surface area contributed by atoms with Crippen LogP contribution < -0.4 is 0 Å². The fourth-order valence-electron chi connectivity index (χ4n) is 3.66. The van der Waals surface area contributed by atoms with Gasteiger partial charge in [0.2, 0.25) is 11.8 Å². The number of carbonyl (C=O) groups excluding carboxylic acids is 2. The van der Waals surface area contributed by atoms with Crippen molar-refractivity contribution in [3.05, 3.63) is 46.7 Å². The van der Waals surface area contributed by atoms with E-state index in [2.05, 4.69) is 10.2 Å². The minimum atomic E-state index is -0.101. The number of aromatic nitrogens is 2. The SMILES string of the molecule is CCCN(Cc1nnc(-c2ccco2)o1)C(=O)C1CCN(C(=O)c2cccs2)CC1. The van der Waals surface area contributed by atoms with Gasteiger partial charge in [-0.2, -0.15) is 0 Å². The molecular weight excluding hydrogens is 404 g/mol. The summed E-state index contributed by atoms with van der Waals surface area (Å²) in [7, 11) is 0. The first-order valence-corrected chi connectivity index (χ1v) is 11.0. The van der Waals surface area contributed by atoms with E-state index in [-0.39, 0.29) is 24.3 Å². The van der Waals surface area contributed by atoms with Crippen LogP contribution in [0.5, 0.6) is 0 Å². The number of nitrogens with zero attached hydrogens (tertiary/aromatic N) is 4. The van der Waals surface area contributed by atoms with Crippen molar-refractivity contribution in [2.45, 2.75) is 32.7 Å². The van der Waals surface area contributed by atoms with E-state index in [1.165, 1.54) is 11.3 Å². The van der Waals surface area contributed by atoms with Crippen molar-refractivity contribution in [2.24, 2.45) is 5.92 Å². The van der Waals surface area contributed by atoms with Crippen molar-refractivity contribution < 1.29 is 18.4 Å². The van der Waals surface area contributed by atoms with Crippen molar-refractivity contribution in [2.75, 3.05) is 19.6 Å². The third-order valence-corrected chi connectivity index (χ3v) is 6.05. The first-order chi connectivity index (χ1) is 14.7. The molecule has 0 aliphatic carbocycles. The first kappa shape index (κ1) is 20.3. The minimum Gasteiger partial charge on any atom is -0.459 e. The van der Waals surface area contributed by atoms with Gasteiger partial charge in [-0.15, -0.1) is 21.5 Å². The van der Waals surface area contributed by atoms with E-state index in [0.29, 0.717) is 50.0 Å². The average molecular weight is 429 g/mol. The summed E-state index contributed by atoms with van der Waals surface area (Å²) in [6, 6.07) is 7.22. The summed E-state index contributed by atoms with van der Waals surface area (Å²) in [5, 5.41) is 9.97. The molecule has 8 nitrogen and oxygen atoms in total. The van der Waals surface area contributed by atoms with Crippen molar-refractivity contribution in [3.8, 4) is 11.7 Å². The van der Waals surface area contributed by atoms with Gasteiger partial charge in [0.15, 0.2) is 5.76 Å². The highest BCUT2D eigenvalue weighted by Gasteiger charge is 2.31. The standard InChI is InChI=1S/C21H24N4O4S/c1-2-9-25(14-18-22-23-19(29-18)16-5-3-12-28-16)20(26)15-7-10-24(11-8-15)21(27)17-6-4-13-30-17/h3-6,12-13,15H,2,7-11,14H2,1H3. The number of hydrogen-bond acceptors (Lipinski definition) is 7. The van der Waals surface area contributed by atoms with Crippen LogP contribution >= 0.6 is 11.3 Å². The number of piperidine rings is 1. The summed E-state index contributed by atoms with van der Waals surface area (Å²) in [4.78, 5) is 30.0. The quantitative estimate of drug-likeness (QED) is 0.570. The van der Waals surface area contributed by atoms with Gasteiger partial charge >= 0.3 is 0 Å². The number of likely N-dealkylation sites (tertiary alicyclic amines) is 1. The number of furan rings is 1. The number of hydrogen-bond donors (Lipinski definition) is 0. The lowest BCUT2D eigenvalue weighted by molar-refractivity contribution is -0.138. The van der Waals surface area contributed by atoms with Gasteiger partial charge in [-0.05, 0) is 42.8 Å². The van der Waals surface area contributed by atoms with Crippen LogP contribution in [-0.4, -0.2) is 51.4 Å². The van der Waals surface area contributed by atoms with Gasteiger partial charge in [0.05, 0.1) is 17.7 Å². The summed E-state index contributed by atoms with van der Waals surface area (Å²) in [5.74, 6) is 1.23. The Balaban J connectivity index is 1.36. The number of thiophene rings is 1. The highest BCUT2D eigenvalue weighted by molar-refractivity contribution is 7.12. The van der Waals surface area contributed by atoms with E-state index in [0.717, 1.165) is 11.3 Å². The molecule has 0 unspecified atom stereocenters. The predicted octanol–water partition coefficient (Wildman–Crippen LogP) is 3.68. The molecule has 3 aromatic heterocycles. The Morgan fingerprint density at radius 1 is 1.23 bits per heavy atom. The molecule has 1 aliphatic heterocycles.